The maximum Gasteiger partial charge on any atom is 0.0701 e. The molecule has 1 saturated heterocycles. The van der Waals surface area contributed by atoms with E-state index in [2.05, 4.69) is 66.0 Å². The van der Waals surface area contributed by atoms with E-state index in [1.54, 1.807) is 0 Å². The maximum absolute atomic E-state index is 3.85. The minimum atomic E-state index is 0.268. The van der Waals surface area contributed by atoms with Crippen molar-refractivity contribution in [2.24, 2.45) is 0 Å². The van der Waals surface area contributed by atoms with Crippen molar-refractivity contribution < 1.29 is 0 Å². The minimum Gasteiger partial charge on any atom is -0.308 e. The highest BCUT2D eigenvalue weighted by atomic mass is 79.9. The van der Waals surface area contributed by atoms with Gasteiger partial charge in [-0.25, -0.2) is 0 Å². The zero-order valence-electron chi connectivity index (χ0n) is 13.1. The van der Waals surface area contributed by atoms with Gasteiger partial charge in [0.15, 0.2) is 0 Å². The number of rotatable bonds is 5. The molecule has 0 aliphatic carbocycles. The third-order valence-electron chi connectivity index (χ3n) is 5.19. The lowest BCUT2D eigenvalue weighted by Crippen LogP contribution is -2.68. The predicted octanol–water partition coefficient (Wildman–Crippen LogP) is 4.64. The Balaban J connectivity index is 2.19. The monoisotopic (exact) mass is 358 g/mol. The maximum atomic E-state index is 3.85. The van der Waals surface area contributed by atoms with Crippen LogP contribution in [0.1, 0.15) is 51.8 Å². The highest BCUT2D eigenvalue weighted by Crippen LogP contribution is 2.33. The second-order valence-corrected chi connectivity index (χ2v) is 8.80. The smallest absolute Gasteiger partial charge is 0.0701 e. The summed E-state index contributed by atoms with van der Waals surface area (Å²) < 4.78 is 1.23. The van der Waals surface area contributed by atoms with E-state index in [1.807, 2.05) is 11.3 Å². The van der Waals surface area contributed by atoms with Crippen LogP contribution in [0.25, 0.3) is 0 Å². The Morgan fingerprint density at radius 1 is 1.25 bits per heavy atom. The van der Waals surface area contributed by atoms with E-state index in [0.717, 1.165) is 19.6 Å². The zero-order valence-corrected chi connectivity index (χ0v) is 15.5. The molecule has 0 spiro atoms. The fraction of sp³-hybridized carbons (Fsp3) is 0.750. The van der Waals surface area contributed by atoms with Gasteiger partial charge in [-0.05, 0) is 54.2 Å². The third-order valence-corrected chi connectivity index (χ3v) is 6.80. The molecule has 114 valence electrons. The van der Waals surface area contributed by atoms with Gasteiger partial charge in [-0.3, -0.25) is 4.90 Å². The molecule has 20 heavy (non-hydrogen) atoms. The fourth-order valence-electron chi connectivity index (χ4n) is 3.05. The van der Waals surface area contributed by atoms with Gasteiger partial charge in [0.1, 0.15) is 0 Å². The van der Waals surface area contributed by atoms with Crippen LogP contribution < -0.4 is 5.32 Å². The largest absolute Gasteiger partial charge is 0.308 e. The van der Waals surface area contributed by atoms with Crippen LogP contribution in [0.15, 0.2) is 15.9 Å². The van der Waals surface area contributed by atoms with Crippen molar-refractivity contribution >= 4 is 27.3 Å². The first-order valence-corrected chi connectivity index (χ1v) is 9.32. The van der Waals surface area contributed by atoms with Crippen LogP contribution >= 0.6 is 27.3 Å². The van der Waals surface area contributed by atoms with Crippen molar-refractivity contribution in [2.75, 3.05) is 13.1 Å². The number of hydrogen-bond donors (Lipinski definition) is 1. The molecule has 2 nitrogen and oxygen atoms in total. The molecule has 1 atom stereocenters. The van der Waals surface area contributed by atoms with Crippen LogP contribution in [0.3, 0.4) is 0 Å². The third kappa shape index (κ3) is 3.29. The summed E-state index contributed by atoms with van der Waals surface area (Å²) in [6, 6.07) is 4.42. The molecule has 2 rings (SSSR count). The van der Waals surface area contributed by atoms with Crippen LogP contribution in [0.2, 0.25) is 0 Å². The van der Waals surface area contributed by atoms with Crippen LogP contribution in [0, 0.1) is 0 Å². The van der Waals surface area contributed by atoms with Gasteiger partial charge in [-0.1, -0.05) is 20.8 Å². The first-order chi connectivity index (χ1) is 9.47. The molecule has 4 heteroatoms. The van der Waals surface area contributed by atoms with Gasteiger partial charge < -0.3 is 5.32 Å². The van der Waals surface area contributed by atoms with E-state index in [0.29, 0.717) is 5.54 Å². The standard InChI is InChI=1S/C16H27BrN2S/c1-5-15(4)11-18-16(6-2,7-3)12-19(15)10-13-8-9-14(17)20-13/h8-9,18H,5-7,10-12H2,1-4H3. The van der Waals surface area contributed by atoms with Gasteiger partial charge in [0, 0.05) is 35.6 Å². The Labute approximate surface area is 136 Å². The van der Waals surface area contributed by atoms with E-state index >= 15 is 0 Å². The predicted molar refractivity (Wildman–Crippen MR) is 92.4 cm³/mol. The highest BCUT2D eigenvalue weighted by Gasteiger charge is 2.42. The number of piperazine rings is 1. The lowest BCUT2D eigenvalue weighted by Gasteiger charge is -2.53. The molecule has 1 aliphatic rings. The Bertz CT molecular complexity index is 441. The second kappa shape index (κ2) is 6.47. The quantitative estimate of drug-likeness (QED) is 0.824. The van der Waals surface area contributed by atoms with Crippen molar-refractivity contribution in [1.29, 1.82) is 0 Å². The zero-order chi connectivity index (χ0) is 14.8. The topological polar surface area (TPSA) is 15.3 Å². The van der Waals surface area contributed by atoms with Crippen LogP contribution in [-0.4, -0.2) is 29.1 Å². The SMILES string of the molecule is CCC1(CC)CN(Cc2ccc(Br)s2)C(C)(CC)CN1. The number of thiophene rings is 1. The van der Waals surface area contributed by atoms with Gasteiger partial charge in [0.25, 0.3) is 0 Å². The molecule has 1 aromatic heterocycles. The first kappa shape index (κ1) is 16.5. The Morgan fingerprint density at radius 3 is 2.45 bits per heavy atom. The fourth-order valence-corrected chi connectivity index (χ4v) is 4.54. The van der Waals surface area contributed by atoms with Gasteiger partial charge in [0.05, 0.1) is 3.79 Å². The Morgan fingerprint density at radius 2 is 1.95 bits per heavy atom. The minimum absolute atomic E-state index is 0.268. The molecule has 1 N–H and O–H groups in total. The Kier molecular flexibility index (Phi) is 5.33. The van der Waals surface area contributed by atoms with Crippen molar-refractivity contribution in [3.8, 4) is 0 Å². The summed E-state index contributed by atoms with van der Waals surface area (Å²) >= 11 is 5.44. The van der Waals surface area contributed by atoms with Gasteiger partial charge in [-0.15, -0.1) is 11.3 Å². The number of halogens is 1. The second-order valence-electron chi connectivity index (χ2n) is 6.25. The average molecular weight is 359 g/mol. The van der Waals surface area contributed by atoms with Gasteiger partial charge >= 0.3 is 0 Å². The van der Waals surface area contributed by atoms with Crippen LogP contribution in [-0.2, 0) is 6.54 Å². The van der Waals surface area contributed by atoms with Crippen molar-refractivity contribution in [3.63, 3.8) is 0 Å². The summed E-state index contributed by atoms with van der Waals surface area (Å²) in [7, 11) is 0. The number of nitrogens with zero attached hydrogens (tertiary/aromatic N) is 1. The summed E-state index contributed by atoms with van der Waals surface area (Å²) in [5.41, 5.74) is 0.563. The molecule has 0 radical (unpaired) electrons. The molecule has 1 unspecified atom stereocenters. The summed E-state index contributed by atoms with van der Waals surface area (Å²) in [4.78, 5) is 4.16. The summed E-state index contributed by atoms with van der Waals surface area (Å²) in [6.45, 7) is 12.7. The van der Waals surface area contributed by atoms with E-state index in [-0.39, 0.29) is 5.54 Å². The van der Waals surface area contributed by atoms with E-state index in [1.165, 1.54) is 27.9 Å². The van der Waals surface area contributed by atoms with Crippen molar-refractivity contribution in [3.05, 3.63) is 20.8 Å². The molecule has 0 bridgehead atoms. The molecule has 1 aliphatic heterocycles. The lowest BCUT2D eigenvalue weighted by atomic mass is 9.83. The van der Waals surface area contributed by atoms with Gasteiger partial charge in [0.2, 0.25) is 0 Å². The molecular weight excluding hydrogens is 332 g/mol. The summed E-state index contributed by atoms with van der Waals surface area (Å²) in [6.07, 6.45) is 3.60. The summed E-state index contributed by atoms with van der Waals surface area (Å²) in [5, 5.41) is 3.85. The highest BCUT2D eigenvalue weighted by molar-refractivity contribution is 9.11. The number of hydrogen-bond acceptors (Lipinski definition) is 3. The van der Waals surface area contributed by atoms with E-state index in [4.69, 9.17) is 0 Å². The van der Waals surface area contributed by atoms with E-state index in [9.17, 15) is 0 Å². The molecule has 1 fully saturated rings. The van der Waals surface area contributed by atoms with Crippen molar-refractivity contribution in [2.45, 2.75) is 64.6 Å². The van der Waals surface area contributed by atoms with Crippen molar-refractivity contribution in [1.82, 2.24) is 10.2 Å². The number of nitrogens with one attached hydrogen (secondary N) is 1. The van der Waals surface area contributed by atoms with Crippen LogP contribution in [0.5, 0.6) is 0 Å². The normalized spacial score (nSPS) is 26.9. The summed E-state index contributed by atoms with van der Waals surface area (Å²) in [5.74, 6) is 0. The molecule has 0 amide bonds. The average Bonchev–Trinajstić information content (AvgIpc) is 2.87. The molecular formula is C16H27BrN2S. The Hall–Kier alpha value is 0.1000. The van der Waals surface area contributed by atoms with Crippen LogP contribution in [0.4, 0.5) is 0 Å². The lowest BCUT2D eigenvalue weighted by molar-refractivity contribution is 0.00347. The molecule has 0 saturated carbocycles. The molecule has 0 aromatic carbocycles. The van der Waals surface area contributed by atoms with Gasteiger partial charge in [-0.2, -0.15) is 0 Å². The molecule has 2 heterocycles. The molecule has 1 aromatic rings. The van der Waals surface area contributed by atoms with E-state index < -0.39 is 0 Å². The first-order valence-electron chi connectivity index (χ1n) is 7.71.